The molecule has 0 saturated carbocycles. The summed E-state index contributed by atoms with van der Waals surface area (Å²) in [7, 11) is 0. The highest BCUT2D eigenvalue weighted by atomic mass is 15.3. The number of anilines is 1. The van der Waals surface area contributed by atoms with Crippen molar-refractivity contribution in [1.82, 2.24) is 20.5 Å². The largest absolute Gasteiger partial charge is 0.364 e. The van der Waals surface area contributed by atoms with Crippen LogP contribution in [0.25, 0.3) is 0 Å². The van der Waals surface area contributed by atoms with E-state index in [1.54, 1.807) is 6.20 Å². The highest BCUT2D eigenvalue weighted by Gasteiger charge is 2.48. The van der Waals surface area contributed by atoms with E-state index >= 15 is 0 Å². The zero-order chi connectivity index (χ0) is 19.4. The van der Waals surface area contributed by atoms with E-state index in [1.165, 1.54) is 11.4 Å². The van der Waals surface area contributed by atoms with Crippen LogP contribution in [0, 0.1) is 22.7 Å². The zero-order valence-electron chi connectivity index (χ0n) is 16.3. The lowest BCUT2D eigenvalue weighted by Crippen LogP contribution is -2.51. The molecule has 2 unspecified atom stereocenters. The van der Waals surface area contributed by atoms with Crippen LogP contribution in [0.2, 0.25) is 0 Å². The van der Waals surface area contributed by atoms with Gasteiger partial charge < -0.3 is 20.4 Å². The van der Waals surface area contributed by atoms with Gasteiger partial charge in [0.2, 0.25) is 0 Å². The molecule has 2 N–H and O–H groups in total. The lowest BCUT2D eigenvalue weighted by atomic mass is 9.75. The van der Waals surface area contributed by atoms with Crippen molar-refractivity contribution in [3.05, 3.63) is 47.6 Å². The fraction of sp³-hybridized carbons (Fsp3) is 0.476. The van der Waals surface area contributed by atoms with Crippen LogP contribution >= 0.6 is 0 Å². The summed E-state index contributed by atoms with van der Waals surface area (Å²) in [5.41, 5.74) is 1.66. The fourth-order valence-electron chi connectivity index (χ4n) is 5.07. The highest BCUT2D eigenvalue weighted by molar-refractivity contribution is 5.64. The quantitative estimate of drug-likeness (QED) is 0.820. The lowest BCUT2D eigenvalue weighted by molar-refractivity contribution is 0.0969. The smallest absolute Gasteiger partial charge is 0.157 e. The van der Waals surface area contributed by atoms with E-state index < -0.39 is 0 Å². The Morgan fingerprint density at radius 2 is 2.11 bits per heavy atom. The van der Waals surface area contributed by atoms with Crippen molar-refractivity contribution in [2.45, 2.75) is 25.9 Å². The molecule has 0 bridgehead atoms. The van der Waals surface area contributed by atoms with E-state index in [9.17, 15) is 0 Å². The summed E-state index contributed by atoms with van der Waals surface area (Å²) in [5.74, 6) is 2.79. The van der Waals surface area contributed by atoms with Crippen LogP contribution in [-0.2, 0) is 0 Å². The molecule has 2 fully saturated rings. The third-order valence-corrected chi connectivity index (χ3v) is 6.71. The first-order chi connectivity index (χ1) is 13.5. The number of pyridine rings is 1. The molecule has 2 saturated heterocycles. The number of aromatic nitrogens is 1. The molecule has 3 atom stereocenters. The number of hydrogen-bond donors (Lipinski definition) is 2. The summed E-state index contributed by atoms with van der Waals surface area (Å²) in [6, 6.07) is 5.98. The van der Waals surface area contributed by atoms with Crippen LogP contribution in [0.4, 0.5) is 5.82 Å². The third-order valence-electron chi connectivity index (χ3n) is 6.71. The second-order valence-electron chi connectivity index (χ2n) is 8.67. The topological polar surface area (TPSA) is 79.6 Å². The average Bonchev–Trinajstić information content (AvgIpc) is 3.26. The van der Waals surface area contributed by atoms with Crippen molar-refractivity contribution in [2.75, 3.05) is 31.1 Å². The first-order valence-corrected chi connectivity index (χ1v) is 9.86. The normalized spacial score (nSPS) is 33.2. The average molecular weight is 375 g/mol. The molecule has 0 aliphatic carbocycles. The van der Waals surface area contributed by atoms with Crippen molar-refractivity contribution >= 4 is 12.2 Å². The maximum absolute atomic E-state index is 9.00. The first-order valence-electron chi connectivity index (χ1n) is 9.86. The second-order valence-corrected chi connectivity index (χ2v) is 8.67. The van der Waals surface area contributed by atoms with Gasteiger partial charge in [0.1, 0.15) is 17.7 Å². The van der Waals surface area contributed by atoms with Gasteiger partial charge in [-0.2, -0.15) is 5.26 Å². The molecule has 1 aromatic heterocycles. The maximum atomic E-state index is 9.00. The van der Waals surface area contributed by atoms with Gasteiger partial charge in [-0.15, -0.1) is 0 Å². The number of likely N-dealkylation sites (tertiary alicyclic amines) is 1. The Labute approximate surface area is 165 Å². The van der Waals surface area contributed by atoms with Gasteiger partial charge in [0.15, 0.2) is 5.66 Å². The van der Waals surface area contributed by atoms with Crippen molar-refractivity contribution in [1.29, 1.82) is 5.26 Å². The standard InChI is InChI=1S/C21H25N7/c1-20-12-27(19-17-5-7-25-21(17,2)26-14-24-19)8-6-16(20)11-28(13-20)18-4-3-15(9-22)10-23-18/h3-5,7,10,14,16,25H,6,8,11-13H2,1-2H3,(H,24,26)/t16?,20-,21?/m0/s1. The van der Waals surface area contributed by atoms with Crippen molar-refractivity contribution in [2.24, 2.45) is 16.3 Å². The summed E-state index contributed by atoms with van der Waals surface area (Å²) in [6.45, 7) is 8.57. The van der Waals surface area contributed by atoms with E-state index in [0.29, 0.717) is 11.5 Å². The second kappa shape index (κ2) is 5.99. The number of nitrogens with one attached hydrogen (secondary N) is 2. The first kappa shape index (κ1) is 17.1. The highest BCUT2D eigenvalue weighted by Crippen LogP contribution is 2.44. The molecule has 5 rings (SSSR count). The number of fused-ring (bicyclic) bond motifs is 2. The molecular weight excluding hydrogens is 350 g/mol. The van der Waals surface area contributed by atoms with Crippen LogP contribution in [0.3, 0.4) is 0 Å². The number of nitrogens with zero attached hydrogens (tertiary/aromatic N) is 5. The SMILES string of the molecule is CC12N=CNC(N3CCC4CN(c5ccc(C#N)cn5)C[C@]4(C)C3)=C1C=CN2. The molecule has 4 aliphatic heterocycles. The minimum Gasteiger partial charge on any atom is -0.364 e. The van der Waals surface area contributed by atoms with Crippen LogP contribution in [0.1, 0.15) is 25.8 Å². The van der Waals surface area contributed by atoms with Gasteiger partial charge in [-0.25, -0.2) is 9.98 Å². The van der Waals surface area contributed by atoms with Crippen molar-refractivity contribution in [3.8, 4) is 6.07 Å². The van der Waals surface area contributed by atoms with Crippen LogP contribution < -0.4 is 15.5 Å². The molecular formula is C21H25N7. The minimum absolute atomic E-state index is 0.198. The van der Waals surface area contributed by atoms with Gasteiger partial charge in [-0.1, -0.05) is 6.92 Å². The van der Waals surface area contributed by atoms with Crippen LogP contribution in [0.15, 0.2) is 47.0 Å². The van der Waals surface area contributed by atoms with Gasteiger partial charge in [-0.05, 0) is 43.7 Å². The molecule has 0 spiro atoms. The summed E-state index contributed by atoms with van der Waals surface area (Å²) >= 11 is 0. The summed E-state index contributed by atoms with van der Waals surface area (Å²) < 4.78 is 0. The third kappa shape index (κ3) is 2.55. The van der Waals surface area contributed by atoms with Gasteiger partial charge >= 0.3 is 0 Å². The molecule has 5 heterocycles. The molecule has 7 heteroatoms. The number of hydrogen-bond acceptors (Lipinski definition) is 7. The van der Waals surface area contributed by atoms with Gasteiger partial charge in [0.25, 0.3) is 0 Å². The Balaban J connectivity index is 1.37. The molecule has 4 aliphatic rings. The number of aliphatic imine (C=N–C) groups is 1. The number of rotatable bonds is 2. The van der Waals surface area contributed by atoms with E-state index in [0.717, 1.165) is 38.4 Å². The van der Waals surface area contributed by atoms with Crippen molar-refractivity contribution < 1.29 is 0 Å². The van der Waals surface area contributed by atoms with Gasteiger partial charge in [-0.3, -0.25) is 0 Å². The molecule has 28 heavy (non-hydrogen) atoms. The molecule has 1 aromatic rings. The summed E-state index contributed by atoms with van der Waals surface area (Å²) in [6.07, 6.45) is 8.77. The minimum atomic E-state index is -0.355. The Morgan fingerprint density at radius 1 is 1.25 bits per heavy atom. The zero-order valence-corrected chi connectivity index (χ0v) is 16.3. The predicted molar refractivity (Wildman–Crippen MR) is 108 cm³/mol. The monoisotopic (exact) mass is 375 g/mol. The Morgan fingerprint density at radius 3 is 2.89 bits per heavy atom. The maximum Gasteiger partial charge on any atom is 0.157 e. The predicted octanol–water partition coefficient (Wildman–Crippen LogP) is 1.78. The summed E-state index contributed by atoms with van der Waals surface area (Å²) in [5, 5.41) is 15.8. The summed E-state index contributed by atoms with van der Waals surface area (Å²) in [4.78, 5) is 14.0. The van der Waals surface area contributed by atoms with E-state index in [-0.39, 0.29) is 11.1 Å². The lowest BCUT2D eigenvalue weighted by Gasteiger charge is -2.45. The molecule has 7 nitrogen and oxygen atoms in total. The number of nitriles is 1. The Bertz CT molecular complexity index is 925. The number of piperidine rings is 1. The molecule has 0 radical (unpaired) electrons. The molecule has 0 amide bonds. The van der Waals surface area contributed by atoms with Gasteiger partial charge in [0.05, 0.1) is 11.9 Å². The molecule has 0 aromatic carbocycles. The van der Waals surface area contributed by atoms with Crippen LogP contribution in [0.5, 0.6) is 0 Å². The van der Waals surface area contributed by atoms with Crippen molar-refractivity contribution in [3.63, 3.8) is 0 Å². The molecule has 144 valence electrons. The van der Waals surface area contributed by atoms with E-state index in [4.69, 9.17) is 5.26 Å². The fourth-order valence-corrected chi connectivity index (χ4v) is 5.07. The van der Waals surface area contributed by atoms with Gasteiger partial charge in [0, 0.05) is 43.4 Å². The van der Waals surface area contributed by atoms with Crippen LogP contribution in [-0.4, -0.2) is 48.1 Å². The Hall–Kier alpha value is -3.01. The van der Waals surface area contributed by atoms with E-state index in [1.807, 2.05) is 24.7 Å². The van der Waals surface area contributed by atoms with E-state index in [2.05, 4.69) is 56.4 Å². The Kier molecular flexibility index (Phi) is 3.66.